The zero-order chi connectivity index (χ0) is 24.1. The number of nitrogens with two attached hydrogens (primary N) is 1. The summed E-state index contributed by atoms with van der Waals surface area (Å²) in [6.45, 7) is 5.43. The number of likely N-dealkylation sites (N-methyl/N-ethyl adjacent to an activating group) is 1. The Hall–Kier alpha value is -3.72. The van der Waals surface area contributed by atoms with E-state index in [1.807, 2.05) is 50.6 Å². The zero-order valence-electron chi connectivity index (χ0n) is 20.0. The smallest absolute Gasteiger partial charge is 0.169 e. The van der Waals surface area contributed by atoms with Gasteiger partial charge in [0.15, 0.2) is 11.6 Å². The number of aromatic hydroxyl groups is 1. The molecule has 1 aromatic carbocycles. The van der Waals surface area contributed by atoms with Crippen molar-refractivity contribution in [3.8, 4) is 17.0 Å². The molecule has 0 aliphatic carbocycles. The van der Waals surface area contributed by atoms with Crippen LogP contribution < -0.4 is 15.5 Å². The minimum Gasteiger partial charge on any atom is -0.507 e. The van der Waals surface area contributed by atoms with Gasteiger partial charge in [0.25, 0.3) is 0 Å². The van der Waals surface area contributed by atoms with Gasteiger partial charge in [0.05, 0.1) is 11.4 Å². The Morgan fingerprint density at radius 2 is 1.97 bits per heavy atom. The van der Waals surface area contributed by atoms with Crippen molar-refractivity contribution in [2.45, 2.75) is 19.4 Å². The lowest BCUT2D eigenvalue weighted by Crippen LogP contribution is -2.35. The minimum atomic E-state index is 0.169. The molecule has 3 aromatic rings. The van der Waals surface area contributed by atoms with Crippen LogP contribution in [0, 0.1) is 0 Å². The summed E-state index contributed by atoms with van der Waals surface area (Å²) < 4.78 is 0. The predicted octanol–water partition coefficient (Wildman–Crippen LogP) is 2.90. The number of para-hydroxylation sites is 1. The van der Waals surface area contributed by atoms with Gasteiger partial charge >= 0.3 is 0 Å². The number of nitrogen functional groups attached to an aromatic ring is 1. The normalized spacial score (nSPS) is 16.9. The van der Waals surface area contributed by atoms with Gasteiger partial charge in [0.1, 0.15) is 11.6 Å². The molecule has 1 fully saturated rings. The molecule has 9 nitrogen and oxygen atoms in total. The van der Waals surface area contributed by atoms with Crippen molar-refractivity contribution in [1.29, 1.82) is 0 Å². The summed E-state index contributed by atoms with van der Waals surface area (Å²) in [6.07, 6.45) is 6.77. The highest BCUT2D eigenvalue weighted by molar-refractivity contribution is 5.74. The average molecular weight is 461 g/mol. The van der Waals surface area contributed by atoms with E-state index in [0.717, 1.165) is 44.1 Å². The molecule has 0 spiro atoms. The third-order valence-corrected chi connectivity index (χ3v) is 5.97. The zero-order valence-corrected chi connectivity index (χ0v) is 20.0. The number of hydrogen-bond acceptors (Lipinski definition) is 9. The summed E-state index contributed by atoms with van der Waals surface area (Å²) in [6, 6.07) is 11.3. The number of rotatable bonds is 6. The molecule has 1 saturated heterocycles. The largest absolute Gasteiger partial charge is 0.507 e. The van der Waals surface area contributed by atoms with Gasteiger partial charge in [-0.25, -0.2) is 9.97 Å². The number of nitrogens with zero attached hydrogens (tertiary/aromatic N) is 7. The Kier molecular flexibility index (Phi) is 7.22. The molecule has 1 aliphatic heterocycles. The molecule has 0 unspecified atom stereocenters. The van der Waals surface area contributed by atoms with Crippen molar-refractivity contribution in [2.75, 3.05) is 55.8 Å². The highest BCUT2D eigenvalue weighted by atomic mass is 16.3. The monoisotopic (exact) mass is 460 g/mol. The highest BCUT2D eigenvalue weighted by Crippen LogP contribution is 2.32. The molecule has 1 atom stereocenters. The third kappa shape index (κ3) is 5.43. The Balaban J connectivity index is 1.54. The van der Waals surface area contributed by atoms with E-state index in [0.29, 0.717) is 28.9 Å². The summed E-state index contributed by atoms with van der Waals surface area (Å²) in [4.78, 5) is 15.8. The van der Waals surface area contributed by atoms with Crippen LogP contribution in [0.3, 0.4) is 0 Å². The number of phenols is 1. The van der Waals surface area contributed by atoms with Crippen molar-refractivity contribution >= 4 is 23.4 Å². The molecule has 1 aliphatic rings. The molecule has 34 heavy (non-hydrogen) atoms. The van der Waals surface area contributed by atoms with E-state index in [-0.39, 0.29) is 5.75 Å². The maximum Gasteiger partial charge on any atom is 0.169 e. The lowest BCUT2D eigenvalue weighted by molar-refractivity contribution is 0.457. The fourth-order valence-corrected chi connectivity index (χ4v) is 4.08. The van der Waals surface area contributed by atoms with Crippen molar-refractivity contribution < 1.29 is 5.11 Å². The van der Waals surface area contributed by atoms with E-state index in [1.54, 1.807) is 12.1 Å². The van der Waals surface area contributed by atoms with Crippen molar-refractivity contribution in [2.24, 2.45) is 0 Å². The summed E-state index contributed by atoms with van der Waals surface area (Å²) >= 11 is 0. The van der Waals surface area contributed by atoms with Gasteiger partial charge in [0.2, 0.25) is 0 Å². The van der Waals surface area contributed by atoms with Gasteiger partial charge in [-0.1, -0.05) is 18.2 Å². The maximum atomic E-state index is 10.2. The quantitative estimate of drug-likeness (QED) is 0.574. The fourth-order valence-electron chi connectivity index (χ4n) is 4.08. The van der Waals surface area contributed by atoms with Gasteiger partial charge < -0.3 is 25.5 Å². The van der Waals surface area contributed by atoms with Crippen molar-refractivity contribution in [3.05, 3.63) is 54.5 Å². The molecule has 0 radical (unpaired) electrons. The minimum absolute atomic E-state index is 0.169. The number of benzene rings is 1. The molecule has 0 bridgehead atoms. The lowest BCUT2D eigenvalue weighted by Gasteiger charge is -2.28. The van der Waals surface area contributed by atoms with Crippen molar-refractivity contribution in [3.63, 3.8) is 0 Å². The molecule has 3 heterocycles. The number of hydrogen-bond donors (Lipinski definition) is 2. The molecule has 0 amide bonds. The topological polar surface area (TPSA) is 108 Å². The average Bonchev–Trinajstić information content (AvgIpc) is 3.01. The van der Waals surface area contributed by atoms with Crippen LogP contribution in [0.1, 0.15) is 19.2 Å². The number of aromatic nitrogens is 4. The third-order valence-electron chi connectivity index (χ3n) is 5.97. The Morgan fingerprint density at radius 1 is 1.15 bits per heavy atom. The van der Waals surface area contributed by atoms with Gasteiger partial charge in [0, 0.05) is 44.0 Å². The molecule has 4 rings (SSSR count). The van der Waals surface area contributed by atoms with E-state index in [9.17, 15) is 5.11 Å². The lowest BCUT2D eigenvalue weighted by atomic mass is 10.1. The van der Waals surface area contributed by atoms with Gasteiger partial charge in [-0.2, -0.15) is 0 Å². The van der Waals surface area contributed by atoms with Crippen LogP contribution in [0.2, 0.25) is 0 Å². The first-order valence-electron chi connectivity index (χ1n) is 11.5. The first-order chi connectivity index (χ1) is 16.4. The van der Waals surface area contributed by atoms with Gasteiger partial charge in [-0.15, -0.1) is 10.2 Å². The molecule has 178 valence electrons. The molecule has 0 saturated carbocycles. The molecule has 3 N–H and O–H groups in total. The first-order valence-corrected chi connectivity index (χ1v) is 11.5. The summed E-state index contributed by atoms with van der Waals surface area (Å²) in [5, 5.41) is 18.6. The fraction of sp³-hybridized carbons (Fsp3) is 0.360. The first kappa shape index (κ1) is 23.4. The predicted molar refractivity (Wildman–Crippen MR) is 137 cm³/mol. The Bertz CT molecular complexity index is 1150. The molecule has 9 heteroatoms. The number of phenolic OH excluding ortho intramolecular Hbond substituents is 1. The number of anilines is 3. The second-order valence-electron chi connectivity index (χ2n) is 8.77. The summed E-state index contributed by atoms with van der Waals surface area (Å²) in [7, 11) is 4.06. The second-order valence-corrected chi connectivity index (χ2v) is 8.77. The molecular weight excluding hydrogens is 428 g/mol. The second kappa shape index (κ2) is 10.5. The molecule has 2 aromatic heterocycles. The van der Waals surface area contributed by atoms with Crippen LogP contribution in [0.25, 0.3) is 17.3 Å². The van der Waals surface area contributed by atoms with Gasteiger partial charge in [-0.3, -0.25) is 0 Å². The SMILES string of the molecule is C[C@@H]1CCN(c2cc(-c3ccccc3O)nnc2N)CCN1c1ccnc(/C=C/CN(C)C)n1. The standard InChI is InChI=1S/C25H32N8O/c1-18-11-14-32(21-17-20(29-30-25(21)26)19-7-4-5-8-22(19)34)15-16-33(18)24-10-12-27-23(28-24)9-6-13-31(2)3/h4-10,12,17-18,34H,11,13-16H2,1-3H3,(H2,26,30)/b9-6+/t18-/m1/s1. The van der Waals surface area contributed by atoms with Crippen LogP contribution >= 0.6 is 0 Å². The van der Waals surface area contributed by atoms with Crippen LogP contribution in [0.4, 0.5) is 17.3 Å². The van der Waals surface area contributed by atoms with Gasteiger partial charge in [-0.05, 0) is 57.8 Å². The summed E-state index contributed by atoms with van der Waals surface area (Å²) in [5.41, 5.74) is 8.30. The Labute approximate surface area is 200 Å². The van der Waals surface area contributed by atoms with Crippen LogP contribution in [0.5, 0.6) is 5.75 Å². The van der Waals surface area contributed by atoms with Crippen LogP contribution in [0.15, 0.2) is 48.7 Å². The van der Waals surface area contributed by atoms with Crippen molar-refractivity contribution in [1.82, 2.24) is 25.1 Å². The highest BCUT2D eigenvalue weighted by Gasteiger charge is 2.24. The van der Waals surface area contributed by atoms with E-state index in [1.165, 1.54) is 0 Å². The van der Waals surface area contributed by atoms with E-state index >= 15 is 0 Å². The van der Waals surface area contributed by atoms with E-state index in [2.05, 4.69) is 42.9 Å². The molecular formula is C25H32N8O. The van der Waals surface area contributed by atoms with E-state index in [4.69, 9.17) is 10.7 Å². The van der Waals surface area contributed by atoms with Crippen LogP contribution in [-0.4, -0.2) is 76.5 Å². The maximum absolute atomic E-state index is 10.2. The van der Waals surface area contributed by atoms with Crippen LogP contribution in [-0.2, 0) is 0 Å². The Morgan fingerprint density at radius 3 is 2.76 bits per heavy atom. The summed E-state index contributed by atoms with van der Waals surface area (Å²) in [5.74, 6) is 2.19. The van der Waals surface area contributed by atoms with E-state index < -0.39 is 0 Å².